The van der Waals surface area contributed by atoms with Gasteiger partial charge in [-0.2, -0.15) is 0 Å². The fourth-order valence-corrected chi connectivity index (χ4v) is 2.07. The van der Waals surface area contributed by atoms with E-state index in [4.69, 9.17) is 0 Å². The molecule has 1 heterocycles. The Hall–Kier alpha value is -0.0900. The van der Waals surface area contributed by atoms with Gasteiger partial charge in [-0.15, -0.1) is 0 Å². The van der Waals surface area contributed by atoms with Crippen LogP contribution in [-0.2, 0) is 4.79 Å². The topological polar surface area (TPSA) is 40.5 Å². The standard InChI is InChI=1S/C10H18BrNO2/c1-7(11)9(14)12-5-4-8(13)10(2,3)6-12/h7-8,13H,4-6H2,1-3H3. The van der Waals surface area contributed by atoms with E-state index in [0.717, 1.165) is 0 Å². The average molecular weight is 264 g/mol. The molecule has 4 heteroatoms. The first-order valence-corrected chi connectivity index (χ1v) is 5.87. The molecule has 2 atom stereocenters. The number of nitrogens with zero attached hydrogens (tertiary/aromatic N) is 1. The van der Waals surface area contributed by atoms with Gasteiger partial charge in [0.05, 0.1) is 10.9 Å². The van der Waals surface area contributed by atoms with E-state index in [1.165, 1.54) is 0 Å². The summed E-state index contributed by atoms with van der Waals surface area (Å²) in [4.78, 5) is 13.4. The van der Waals surface area contributed by atoms with Crippen molar-refractivity contribution in [3.05, 3.63) is 0 Å². The van der Waals surface area contributed by atoms with Crippen LogP contribution >= 0.6 is 15.9 Å². The van der Waals surface area contributed by atoms with Gasteiger partial charge in [-0.1, -0.05) is 29.8 Å². The second-order valence-electron chi connectivity index (χ2n) is 4.67. The zero-order valence-electron chi connectivity index (χ0n) is 8.96. The molecule has 1 saturated heterocycles. The summed E-state index contributed by atoms with van der Waals surface area (Å²) in [7, 11) is 0. The summed E-state index contributed by atoms with van der Waals surface area (Å²) in [6, 6.07) is 0. The summed E-state index contributed by atoms with van der Waals surface area (Å²) in [5.74, 6) is 0.116. The molecule has 0 aromatic carbocycles. The Balaban J connectivity index is 2.64. The zero-order chi connectivity index (χ0) is 10.9. The average Bonchev–Trinajstić information content (AvgIpc) is 2.08. The second kappa shape index (κ2) is 4.19. The predicted octanol–water partition coefficient (Wildman–Crippen LogP) is 1.39. The summed E-state index contributed by atoms with van der Waals surface area (Å²) in [5.41, 5.74) is -0.185. The first-order valence-electron chi connectivity index (χ1n) is 4.95. The van der Waals surface area contributed by atoms with Crippen LogP contribution < -0.4 is 0 Å². The maximum Gasteiger partial charge on any atom is 0.236 e. The zero-order valence-corrected chi connectivity index (χ0v) is 10.5. The summed E-state index contributed by atoms with van der Waals surface area (Å²) in [6.07, 6.45) is 0.385. The van der Waals surface area contributed by atoms with E-state index in [9.17, 15) is 9.90 Å². The van der Waals surface area contributed by atoms with Crippen LogP contribution in [0.25, 0.3) is 0 Å². The molecule has 3 nitrogen and oxygen atoms in total. The predicted molar refractivity (Wildman–Crippen MR) is 59.4 cm³/mol. The number of halogens is 1. The van der Waals surface area contributed by atoms with E-state index in [-0.39, 0.29) is 22.3 Å². The molecule has 82 valence electrons. The minimum atomic E-state index is -0.294. The second-order valence-corrected chi connectivity index (χ2v) is 6.04. The highest BCUT2D eigenvalue weighted by Crippen LogP contribution is 2.29. The molecule has 0 aromatic rings. The molecule has 0 spiro atoms. The fourth-order valence-electron chi connectivity index (χ4n) is 1.78. The molecule has 1 amide bonds. The number of aliphatic hydroxyl groups excluding tert-OH is 1. The normalized spacial score (nSPS) is 28.6. The third kappa shape index (κ3) is 2.48. The van der Waals surface area contributed by atoms with Crippen molar-refractivity contribution in [2.24, 2.45) is 5.41 Å². The number of likely N-dealkylation sites (tertiary alicyclic amines) is 1. The van der Waals surface area contributed by atoms with Crippen molar-refractivity contribution in [1.29, 1.82) is 0 Å². The monoisotopic (exact) mass is 263 g/mol. The molecule has 0 aliphatic carbocycles. The lowest BCUT2D eigenvalue weighted by molar-refractivity contribution is -0.136. The van der Waals surface area contributed by atoms with Gasteiger partial charge in [-0.3, -0.25) is 4.79 Å². The van der Waals surface area contributed by atoms with Gasteiger partial charge in [0.25, 0.3) is 0 Å². The van der Waals surface area contributed by atoms with Gasteiger partial charge in [-0.25, -0.2) is 0 Å². The van der Waals surface area contributed by atoms with Crippen molar-refractivity contribution < 1.29 is 9.90 Å². The maximum absolute atomic E-state index is 11.7. The van der Waals surface area contributed by atoms with Gasteiger partial charge in [0.2, 0.25) is 5.91 Å². The number of rotatable bonds is 1. The smallest absolute Gasteiger partial charge is 0.236 e. The van der Waals surface area contributed by atoms with E-state index in [1.807, 2.05) is 25.7 Å². The van der Waals surface area contributed by atoms with Crippen molar-refractivity contribution in [2.75, 3.05) is 13.1 Å². The van der Waals surface area contributed by atoms with Gasteiger partial charge >= 0.3 is 0 Å². The number of piperidine rings is 1. The molecule has 1 rings (SSSR count). The molecule has 1 N–H and O–H groups in total. The molecule has 0 aromatic heterocycles. The van der Waals surface area contributed by atoms with E-state index in [2.05, 4.69) is 15.9 Å². The number of carbonyl (C=O) groups excluding carboxylic acids is 1. The highest BCUT2D eigenvalue weighted by molar-refractivity contribution is 9.10. The van der Waals surface area contributed by atoms with Crippen molar-refractivity contribution in [2.45, 2.75) is 38.1 Å². The summed E-state index contributed by atoms with van der Waals surface area (Å²) < 4.78 is 0. The van der Waals surface area contributed by atoms with E-state index >= 15 is 0 Å². The van der Waals surface area contributed by atoms with E-state index in [1.54, 1.807) is 0 Å². The van der Waals surface area contributed by atoms with Crippen LogP contribution in [0.1, 0.15) is 27.2 Å². The number of alkyl halides is 1. The van der Waals surface area contributed by atoms with Crippen LogP contribution in [0.3, 0.4) is 0 Å². The Morgan fingerprint density at radius 1 is 1.64 bits per heavy atom. The van der Waals surface area contributed by atoms with Crippen LogP contribution in [0.15, 0.2) is 0 Å². The maximum atomic E-state index is 11.7. The molecule has 0 bridgehead atoms. The Labute approximate surface area is 93.6 Å². The minimum absolute atomic E-state index is 0.116. The lowest BCUT2D eigenvalue weighted by atomic mass is 9.81. The molecule has 1 fully saturated rings. The molecular formula is C10H18BrNO2. The molecule has 0 saturated carbocycles. The lowest BCUT2D eigenvalue weighted by Crippen LogP contribution is -2.52. The van der Waals surface area contributed by atoms with Gasteiger partial charge in [0.1, 0.15) is 0 Å². The lowest BCUT2D eigenvalue weighted by Gasteiger charge is -2.42. The molecule has 1 aliphatic rings. The Morgan fingerprint density at radius 2 is 2.21 bits per heavy atom. The van der Waals surface area contributed by atoms with E-state index < -0.39 is 0 Å². The number of hydrogen-bond donors (Lipinski definition) is 1. The number of carbonyl (C=O) groups is 1. The van der Waals surface area contributed by atoms with Gasteiger partial charge in [-0.05, 0) is 13.3 Å². The summed E-state index contributed by atoms with van der Waals surface area (Å²) in [5, 5.41) is 9.73. The minimum Gasteiger partial charge on any atom is -0.392 e. The number of amides is 1. The Kier molecular flexibility index (Phi) is 3.58. The molecule has 2 unspecified atom stereocenters. The third-order valence-electron chi connectivity index (χ3n) is 2.82. The van der Waals surface area contributed by atoms with Crippen LogP contribution in [0.2, 0.25) is 0 Å². The molecule has 14 heavy (non-hydrogen) atoms. The molecular weight excluding hydrogens is 246 g/mol. The van der Waals surface area contributed by atoms with Crippen LogP contribution in [0.4, 0.5) is 0 Å². The van der Waals surface area contributed by atoms with Gasteiger partial charge in [0, 0.05) is 18.5 Å². The van der Waals surface area contributed by atoms with Gasteiger partial charge < -0.3 is 10.0 Å². The summed E-state index contributed by atoms with van der Waals surface area (Å²) >= 11 is 3.27. The quantitative estimate of drug-likeness (QED) is 0.727. The van der Waals surface area contributed by atoms with Crippen molar-refractivity contribution in [1.82, 2.24) is 4.90 Å². The highest BCUT2D eigenvalue weighted by Gasteiger charge is 2.36. The van der Waals surface area contributed by atoms with Gasteiger partial charge in [0.15, 0.2) is 0 Å². The van der Waals surface area contributed by atoms with Crippen molar-refractivity contribution in [3.8, 4) is 0 Å². The molecule has 0 radical (unpaired) electrons. The van der Waals surface area contributed by atoms with Crippen LogP contribution in [0.5, 0.6) is 0 Å². The Bertz CT molecular complexity index is 228. The first-order chi connectivity index (χ1) is 6.34. The van der Waals surface area contributed by atoms with E-state index in [0.29, 0.717) is 19.5 Å². The van der Waals surface area contributed by atoms with Crippen LogP contribution in [0, 0.1) is 5.41 Å². The Morgan fingerprint density at radius 3 is 2.64 bits per heavy atom. The third-order valence-corrected chi connectivity index (χ3v) is 3.22. The number of hydrogen-bond acceptors (Lipinski definition) is 2. The molecule has 1 aliphatic heterocycles. The van der Waals surface area contributed by atoms with Crippen molar-refractivity contribution in [3.63, 3.8) is 0 Å². The van der Waals surface area contributed by atoms with Crippen LogP contribution in [-0.4, -0.2) is 39.9 Å². The fraction of sp³-hybridized carbons (Fsp3) is 0.900. The first kappa shape index (κ1) is 12.0. The largest absolute Gasteiger partial charge is 0.392 e. The number of aliphatic hydroxyl groups is 1. The highest BCUT2D eigenvalue weighted by atomic mass is 79.9. The SMILES string of the molecule is CC(Br)C(=O)N1CCC(O)C(C)(C)C1. The van der Waals surface area contributed by atoms with Crippen molar-refractivity contribution >= 4 is 21.8 Å². The summed E-state index contributed by atoms with van der Waals surface area (Å²) in [6.45, 7) is 7.13.